The molecule has 0 fully saturated rings. The summed E-state index contributed by atoms with van der Waals surface area (Å²) in [7, 11) is 0. The van der Waals surface area contributed by atoms with Crippen LogP contribution in [0.5, 0.6) is 0 Å². The molecule has 0 saturated heterocycles. The molecule has 4 heteroatoms. The lowest BCUT2D eigenvalue weighted by Gasteiger charge is -2.30. The van der Waals surface area contributed by atoms with Crippen LogP contribution in [0.4, 0.5) is 8.78 Å². The molecule has 1 aliphatic carbocycles. The minimum Gasteiger partial charge on any atom is -0.322 e. The SMILES string of the molecule is Cl.NC1CCc2ccccc2C1(F)F. The third-order valence-corrected chi connectivity index (χ3v) is 2.57. The molecule has 1 aromatic rings. The number of alkyl halides is 2. The number of benzene rings is 1. The summed E-state index contributed by atoms with van der Waals surface area (Å²) in [5.41, 5.74) is 6.21. The molecule has 0 amide bonds. The Kier molecular flexibility index (Phi) is 3.12. The monoisotopic (exact) mass is 219 g/mol. The number of aryl methyl sites for hydroxylation is 1. The minimum atomic E-state index is -2.85. The second-order valence-corrected chi connectivity index (χ2v) is 3.43. The maximum Gasteiger partial charge on any atom is 0.288 e. The van der Waals surface area contributed by atoms with Crippen LogP contribution in [0.2, 0.25) is 0 Å². The lowest BCUT2D eigenvalue weighted by atomic mass is 9.85. The minimum absolute atomic E-state index is 0. The summed E-state index contributed by atoms with van der Waals surface area (Å²) >= 11 is 0. The topological polar surface area (TPSA) is 26.0 Å². The molecule has 2 N–H and O–H groups in total. The number of hydrogen-bond acceptors (Lipinski definition) is 1. The Bertz CT molecular complexity index is 328. The zero-order valence-corrected chi connectivity index (χ0v) is 8.36. The highest BCUT2D eigenvalue weighted by Crippen LogP contribution is 2.38. The standard InChI is InChI=1S/C10H11F2N.ClH/c11-10(12)8-4-2-1-3-7(8)5-6-9(10)13;/h1-4,9H,5-6,13H2;1H. The van der Waals surface area contributed by atoms with Crippen molar-refractivity contribution < 1.29 is 8.78 Å². The first-order chi connectivity index (χ1) is 6.12. The maximum atomic E-state index is 13.5. The van der Waals surface area contributed by atoms with Crippen molar-refractivity contribution in [2.75, 3.05) is 0 Å². The predicted octanol–water partition coefficient (Wildman–Crippen LogP) is 2.47. The highest BCUT2D eigenvalue weighted by atomic mass is 35.5. The average molecular weight is 220 g/mol. The van der Waals surface area contributed by atoms with Crippen molar-refractivity contribution in [3.8, 4) is 0 Å². The molecule has 1 nitrogen and oxygen atoms in total. The molecule has 78 valence electrons. The van der Waals surface area contributed by atoms with Crippen molar-refractivity contribution in [1.82, 2.24) is 0 Å². The van der Waals surface area contributed by atoms with Gasteiger partial charge < -0.3 is 5.73 Å². The van der Waals surface area contributed by atoms with E-state index in [1.807, 2.05) is 0 Å². The van der Waals surface area contributed by atoms with Gasteiger partial charge in [0.2, 0.25) is 0 Å². The molecule has 1 atom stereocenters. The van der Waals surface area contributed by atoms with E-state index >= 15 is 0 Å². The molecule has 14 heavy (non-hydrogen) atoms. The maximum absolute atomic E-state index is 13.5. The first kappa shape index (κ1) is 11.4. The molecule has 1 aromatic carbocycles. The highest BCUT2D eigenvalue weighted by Gasteiger charge is 2.43. The summed E-state index contributed by atoms with van der Waals surface area (Å²) in [4.78, 5) is 0. The molecule has 0 saturated carbocycles. The van der Waals surface area contributed by atoms with Gasteiger partial charge in [-0.1, -0.05) is 24.3 Å². The molecule has 0 heterocycles. The summed E-state index contributed by atoms with van der Waals surface area (Å²) in [5, 5.41) is 0. The van der Waals surface area contributed by atoms with Crippen molar-refractivity contribution in [2.45, 2.75) is 24.8 Å². The molecule has 1 unspecified atom stereocenters. The van der Waals surface area contributed by atoms with Gasteiger partial charge in [0.15, 0.2) is 0 Å². The Labute approximate surface area is 87.7 Å². The lowest BCUT2D eigenvalue weighted by Crippen LogP contribution is -2.42. The molecule has 0 bridgehead atoms. The summed E-state index contributed by atoms with van der Waals surface area (Å²) in [6.45, 7) is 0. The largest absolute Gasteiger partial charge is 0.322 e. The van der Waals surface area contributed by atoms with Crippen molar-refractivity contribution in [3.05, 3.63) is 35.4 Å². The van der Waals surface area contributed by atoms with Crippen LogP contribution in [0.1, 0.15) is 17.5 Å². The fourth-order valence-electron chi connectivity index (χ4n) is 1.76. The van der Waals surface area contributed by atoms with Crippen LogP contribution in [-0.4, -0.2) is 6.04 Å². The van der Waals surface area contributed by atoms with E-state index in [9.17, 15) is 8.78 Å². The normalized spacial score (nSPS) is 23.5. The summed E-state index contributed by atoms with van der Waals surface area (Å²) < 4.78 is 26.9. The Morgan fingerprint density at radius 3 is 2.64 bits per heavy atom. The van der Waals surface area contributed by atoms with E-state index in [-0.39, 0.29) is 18.0 Å². The van der Waals surface area contributed by atoms with Gasteiger partial charge in [-0.25, -0.2) is 0 Å². The summed E-state index contributed by atoms with van der Waals surface area (Å²) in [5.74, 6) is -2.85. The van der Waals surface area contributed by atoms with Crippen LogP contribution in [0.15, 0.2) is 24.3 Å². The quantitative estimate of drug-likeness (QED) is 0.713. The number of nitrogens with two attached hydrogens (primary N) is 1. The van der Waals surface area contributed by atoms with E-state index in [1.54, 1.807) is 18.2 Å². The smallest absolute Gasteiger partial charge is 0.288 e. The van der Waals surface area contributed by atoms with Crippen molar-refractivity contribution >= 4 is 12.4 Å². The van der Waals surface area contributed by atoms with E-state index in [0.717, 1.165) is 5.56 Å². The van der Waals surface area contributed by atoms with Gasteiger partial charge in [-0.15, -0.1) is 12.4 Å². The van der Waals surface area contributed by atoms with Gasteiger partial charge in [0.25, 0.3) is 5.92 Å². The Morgan fingerprint density at radius 1 is 1.29 bits per heavy atom. The fourth-order valence-corrected chi connectivity index (χ4v) is 1.76. The van der Waals surface area contributed by atoms with Crippen LogP contribution >= 0.6 is 12.4 Å². The third kappa shape index (κ3) is 1.62. The Hall–Kier alpha value is -0.670. The van der Waals surface area contributed by atoms with Crippen LogP contribution < -0.4 is 5.73 Å². The first-order valence-electron chi connectivity index (χ1n) is 4.34. The van der Waals surface area contributed by atoms with E-state index in [1.165, 1.54) is 6.07 Å². The number of fused-ring (bicyclic) bond motifs is 1. The van der Waals surface area contributed by atoms with Gasteiger partial charge in [-0.2, -0.15) is 8.78 Å². The highest BCUT2D eigenvalue weighted by molar-refractivity contribution is 5.85. The van der Waals surface area contributed by atoms with E-state index in [4.69, 9.17) is 5.73 Å². The lowest BCUT2D eigenvalue weighted by molar-refractivity contribution is -0.0402. The van der Waals surface area contributed by atoms with Crippen LogP contribution in [0, 0.1) is 0 Å². The third-order valence-electron chi connectivity index (χ3n) is 2.57. The second kappa shape index (κ2) is 3.83. The van der Waals surface area contributed by atoms with Crippen molar-refractivity contribution in [3.63, 3.8) is 0 Å². The van der Waals surface area contributed by atoms with Gasteiger partial charge in [-0.05, 0) is 18.4 Å². The summed E-state index contributed by atoms with van der Waals surface area (Å²) in [6, 6.07) is 5.60. The second-order valence-electron chi connectivity index (χ2n) is 3.43. The zero-order chi connectivity index (χ0) is 9.47. The van der Waals surface area contributed by atoms with E-state index in [2.05, 4.69) is 0 Å². The molecule has 0 radical (unpaired) electrons. The molecular formula is C10H12ClF2N. The predicted molar refractivity (Wildman–Crippen MR) is 53.9 cm³/mol. The van der Waals surface area contributed by atoms with E-state index in [0.29, 0.717) is 12.8 Å². The number of hydrogen-bond donors (Lipinski definition) is 1. The zero-order valence-electron chi connectivity index (χ0n) is 7.54. The molecule has 2 rings (SSSR count). The van der Waals surface area contributed by atoms with Gasteiger partial charge in [-0.3, -0.25) is 0 Å². The van der Waals surface area contributed by atoms with Crippen LogP contribution in [-0.2, 0) is 12.3 Å². The molecule has 0 spiro atoms. The van der Waals surface area contributed by atoms with Crippen molar-refractivity contribution in [1.29, 1.82) is 0 Å². The van der Waals surface area contributed by atoms with Crippen LogP contribution in [0.3, 0.4) is 0 Å². The number of rotatable bonds is 0. The first-order valence-corrected chi connectivity index (χ1v) is 4.34. The molecule has 0 aromatic heterocycles. The van der Waals surface area contributed by atoms with Crippen molar-refractivity contribution in [2.24, 2.45) is 5.73 Å². The molecular weight excluding hydrogens is 208 g/mol. The van der Waals surface area contributed by atoms with Gasteiger partial charge in [0.1, 0.15) is 0 Å². The van der Waals surface area contributed by atoms with E-state index < -0.39 is 12.0 Å². The Morgan fingerprint density at radius 2 is 1.93 bits per heavy atom. The molecule has 0 aliphatic heterocycles. The number of halogens is 3. The fraction of sp³-hybridized carbons (Fsp3) is 0.400. The van der Waals surface area contributed by atoms with Gasteiger partial charge >= 0.3 is 0 Å². The van der Waals surface area contributed by atoms with Gasteiger partial charge in [0, 0.05) is 5.56 Å². The summed E-state index contributed by atoms with van der Waals surface area (Å²) in [6.07, 6.45) is 1.02. The van der Waals surface area contributed by atoms with Gasteiger partial charge in [0.05, 0.1) is 6.04 Å². The average Bonchev–Trinajstić information content (AvgIpc) is 2.13. The molecule has 1 aliphatic rings. The van der Waals surface area contributed by atoms with Crippen LogP contribution in [0.25, 0.3) is 0 Å². The Balaban J connectivity index is 0.000000980.